The molecule has 1 aromatic rings. The zero-order valence-corrected chi connectivity index (χ0v) is 11.7. The Labute approximate surface area is 120 Å². The Balaban J connectivity index is 2.15. The van der Waals surface area contributed by atoms with E-state index in [1.54, 1.807) is 6.92 Å². The van der Waals surface area contributed by atoms with Crippen molar-refractivity contribution in [2.75, 3.05) is 6.54 Å². The molecule has 19 heavy (non-hydrogen) atoms. The summed E-state index contributed by atoms with van der Waals surface area (Å²) < 4.78 is 0. The highest BCUT2D eigenvalue weighted by Crippen LogP contribution is 2.24. The van der Waals surface area contributed by atoms with Gasteiger partial charge in [-0.3, -0.25) is 19.3 Å². The first-order chi connectivity index (χ1) is 8.90. The lowest BCUT2D eigenvalue weighted by molar-refractivity contribution is -0.138. The molecule has 1 aliphatic heterocycles. The van der Waals surface area contributed by atoms with Gasteiger partial charge in [-0.1, -0.05) is 30.1 Å². The van der Waals surface area contributed by atoms with E-state index in [0.29, 0.717) is 10.6 Å². The third-order valence-electron chi connectivity index (χ3n) is 3.01. The quantitative estimate of drug-likeness (QED) is 0.637. The van der Waals surface area contributed by atoms with Crippen LogP contribution in [0.25, 0.3) is 0 Å². The van der Waals surface area contributed by atoms with Gasteiger partial charge < -0.3 is 0 Å². The zero-order chi connectivity index (χ0) is 14.2. The fraction of sp³-hybridized carbons (Fsp3) is 0.308. The molecule has 0 aromatic heterocycles. The average molecular weight is 300 g/mol. The lowest BCUT2D eigenvalue weighted by Gasteiger charge is -2.13. The lowest BCUT2D eigenvalue weighted by Crippen LogP contribution is -2.35. The van der Waals surface area contributed by atoms with Crippen LogP contribution in [0.15, 0.2) is 18.2 Å². The summed E-state index contributed by atoms with van der Waals surface area (Å²) in [7, 11) is 0. The van der Waals surface area contributed by atoms with Gasteiger partial charge in [0.2, 0.25) is 11.8 Å². The Bertz CT molecular complexity index is 571. The molecular formula is C13H11Cl2NO3. The number of Topliss-reactive ketones (excluding diaryl/α,β-unsaturated/α-hetero) is 1. The minimum absolute atomic E-state index is 0.160. The number of imide groups is 1. The van der Waals surface area contributed by atoms with Gasteiger partial charge in [0.1, 0.15) is 0 Å². The fourth-order valence-corrected chi connectivity index (χ4v) is 2.22. The van der Waals surface area contributed by atoms with Crippen LogP contribution in [0.2, 0.25) is 10.0 Å². The predicted octanol–water partition coefficient (Wildman–Crippen LogP) is 2.57. The largest absolute Gasteiger partial charge is 0.292 e. The molecule has 0 saturated carbocycles. The smallest absolute Gasteiger partial charge is 0.232 e. The van der Waals surface area contributed by atoms with E-state index >= 15 is 0 Å². The van der Waals surface area contributed by atoms with Crippen molar-refractivity contribution in [1.82, 2.24) is 4.90 Å². The molecule has 1 aromatic carbocycles. The van der Waals surface area contributed by atoms with Crippen LogP contribution in [0, 0.1) is 5.92 Å². The number of nitrogens with zero attached hydrogens (tertiary/aromatic N) is 1. The van der Waals surface area contributed by atoms with E-state index in [1.807, 2.05) is 0 Å². The van der Waals surface area contributed by atoms with Crippen LogP contribution in [-0.2, 0) is 9.59 Å². The van der Waals surface area contributed by atoms with Gasteiger partial charge in [-0.25, -0.2) is 0 Å². The zero-order valence-electron chi connectivity index (χ0n) is 10.2. The number of carbonyl (C=O) groups is 3. The monoisotopic (exact) mass is 299 g/mol. The molecule has 6 heteroatoms. The standard InChI is InChI=1S/C13H11Cl2NO3/c1-7-4-12(18)16(13(7)19)6-11(17)8-2-3-9(14)10(15)5-8/h2-3,5,7H,4,6H2,1H3. The van der Waals surface area contributed by atoms with E-state index in [1.165, 1.54) is 18.2 Å². The molecule has 100 valence electrons. The Morgan fingerprint density at radius 2 is 2.00 bits per heavy atom. The van der Waals surface area contributed by atoms with Crippen molar-refractivity contribution in [1.29, 1.82) is 0 Å². The summed E-state index contributed by atoms with van der Waals surface area (Å²) in [5, 5.41) is 0.611. The van der Waals surface area contributed by atoms with Crippen LogP contribution in [0.3, 0.4) is 0 Å². The van der Waals surface area contributed by atoms with E-state index < -0.39 is 0 Å². The number of carbonyl (C=O) groups excluding carboxylic acids is 3. The number of ketones is 1. The maximum Gasteiger partial charge on any atom is 0.232 e. The summed E-state index contributed by atoms with van der Waals surface area (Å²) >= 11 is 11.6. The highest BCUT2D eigenvalue weighted by atomic mass is 35.5. The molecule has 0 aliphatic carbocycles. The SMILES string of the molecule is CC1CC(=O)N(CC(=O)c2ccc(Cl)c(Cl)c2)C1=O. The summed E-state index contributed by atoms with van der Waals surface area (Å²) in [6.45, 7) is 1.42. The second-order valence-electron chi connectivity index (χ2n) is 4.48. The van der Waals surface area contributed by atoms with Crippen molar-refractivity contribution in [2.24, 2.45) is 5.92 Å². The topological polar surface area (TPSA) is 54.5 Å². The molecule has 0 bridgehead atoms. The maximum atomic E-state index is 12.0. The maximum absolute atomic E-state index is 12.0. The molecule has 0 radical (unpaired) electrons. The van der Waals surface area contributed by atoms with Crippen LogP contribution in [0.5, 0.6) is 0 Å². The van der Waals surface area contributed by atoms with Crippen molar-refractivity contribution in [3.8, 4) is 0 Å². The molecule has 2 amide bonds. The predicted molar refractivity (Wildman–Crippen MR) is 71.3 cm³/mol. The average Bonchev–Trinajstić information content (AvgIpc) is 2.59. The van der Waals surface area contributed by atoms with Gasteiger partial charge in [0.05, 0.1) is 16.6 Å². The fourth-order valence-electron chi connectivity index (χ4n) is 1.92. The number of amides is 2. The van der Waals surface area contributed by atoms with Gasteiger partial charge in [0.15, 0.2) is 5.78 Å². The van der Waals surface area contributed by atoms with Crippen LogP contribution in [-0.4, -0.2) is 29.0 Å². The van der Waals surface area contributed by atoms with E-state index in [0.717, 1.165) is 4.90 Å². The Morgan fingerprint density at radius 1 is 1.32 bits per heavy atom. The number of benzene rings is 1. The van der Waals surface area contributed by atoms with Gasteiger partial charge in [0, 0.05) is 17.9 Å². The Kier molecular flexibility index (Phi) is 3.92. The van der Waals surface area contributed by atoms with Crippen molar-refractivity contribution >= 4 is 40.8 Å². The molecule has 1 heterocycles. The first-order valence-electron chi connectivity index (χ1n) is 5.72. The third-order valence-corrected chi connectivity index (χ3v) is 3.75. The van der Waals surface area contributed by atoms with E-state index in [2.05, 4.69) is 0 Å². The minimum atomic E-state index is -0.353. The summed E-state index contributed by atoms with van der Waals surface area (Å²) in [5.41, 5.74) is 0.328. The third kappa shape index (κ3) is 2.80. The van der Waals surface area contributed by atoms with Crippen LogP contribution in [0.4, 0.5) is 0 Å². The minimum Gasteiger partial charge on any atom is -0.292 e. The van der Waals surface area contributed by atoms with Gasteiger partial charge >= 0.3 is 0 Å². The van der Waals surface area contributed by atoms with E-state index in [9.17, 15) is 14.4 Å². The number of likely N-dealkylation sites (tertiary alicyclic amines) is 1. The molecule has 1 saturated heterocycles. The first kappa shape index (κ1) is 14.0. The molecule has 0 N–H and O–H groups in total. The Hall–Kier alpha value is -1.39. The number of rotatable bonds is 3. The molecule has 1 fully saturated rings. The summed E-state index contributed by atoms with van der Waals surface area (Å²) in [5.74, 6) is -1.31. The van der Waals surface area contributed by atoms with Crippen LogP contribution < -0.4 is 0 Å². The summed E-state index contributed by atoms with van der Waals surface area (Å²) in [6.07, 6.45) is 0.160. The van der Waals surface area contributed by atoms with Crippen molar-refractivity contribution in [3.63, 3.8) is 0 Å². The van der Waals surface area contributed by atoms with Crippen LogP contribution >= 0.6 is 23.2 Å². The van der Waals surface area contributed by atoms with E-state index in [4.69, 9.17) is 23.2 Å². The van der Waals surface area contributed by atoms with Crippen molar-refractivity contribution in [3.05, 3.63) is 33.8 Å². The lowest BCUT2D eigenvalue weighted by atomic mass is 10.1. The first-order valence-corrected chi connectivity index (χ1v) is 6.48. The van der Waals surface area contributed by atoms with Crippen molar-refractivity contribution in [2.45, 2.75) is 13.3 Å². The van der Waals surface area contributed by atoms with Gasteiger partial charge in [0.25, 0.3) is 0 Å². The molecule has 2 rings (SSSR count). The Morgan fingerprint density at radius 3 is 2.53 bits per heavy atom. The second kappa shape index (κ2) is 5.31. The highest BCUT2D eigenvalue weighted by molar-refractivity contribution is 6.42. The molecule has 1 atom stereocenters. The van der Waals surface area contributed by atoms with Gasteiger partial charge in [-0.15, -0.1) is 0 Å². The van der Waals surface area contributed by atoms with E-state index in [-0.39, 0.29) is 41.5 Å². The molecule has 1 unspecified atom stereocenters. The highest BCUT2D eigenvalue weighted by Gasteiger charge is 2.36. The number of hydrogen-bond donors (Lipinski definition) is 0. The van der Waals surface area contributed by atoms with Gasteiger partial charge in [-0.2, -0.15) is 0 Å². The number of halogens is 2. The van der Waals surface area contributed by atoms with Gasteiger partial charge in [-0.05, 0) is 18.2 Å². The summed E-state index contributed by atoms with van der Waals surface area (Å²) in [6, 6.07) is 4.46. The van der Waals surface area contributed by atoms with Crippen LogP contribution in [0.1, 0.15) is 23.7 Å². The molecular weight excluding hydrogens is 289 g/mol. The van der Waals surface area contributed by atoms with Crippen molar-refractivity contribution < 1.29 is 14.4 Å². The molecule has 1 aliphatic rings. The molecule has 4 nitrogen and oxygen atoms in total. The normalized spacial score (nSPS) is 19.1. The molecule has 0 spiro atoms. The summed E-state index contributed by atoms with van der Waals surface area (Å²) in [4.78, 5) is 36.3. The second-order valence-corrected chi connectivity index (χ2v) is 5.29. The number of hydrogen-bond acceptors (Lipinski definition) is 3.